The number of esters is 2. The number of aryl methyl sites for hydroxylation is 1. The molecule has 0 fully saturated rings. The van der Waals surface area contributed by atoms with E-state index < -0.39 is 0 Å². The summed E-state index contributed by atoms with van der Waals surface area (Å²) in [6, 6.07) is 1.78. The molecular weight excluding hydrogens is 306 g/mol. The molecule has 0 bridgehead atoms. The van der Waals surface area contributed by atoms with E-state index in [1.165, 1.54) is 0 Å². The van der Waals surface area contributed by atoms with E-state index in [2.05, 4.69) is 13.8 Å². The van der Waals surface area contributed by atoms with Crippen LogP contribution in [0.5, 0.6) is 0 Å². The monoisotopic (exact) mass is 335 g/mol. The number of carbonyl (C=O) groups excluding carboxylic acids is 2. The molecule has 0 radical (unpaired) electrons. The van der Waals surface area contributed by atoms with Gasteiger partial charge in [0, 0.05) is 18.4 Å². The first-order valence-corrected chi connectivity index (χ1v) is 9.21. The van der Waals surface area contributed by atoms with E-state index >= 15 is 0 Å². The predicted molar refractivity (Wildman–Crippen MR) is 92.1 cm³/mol. The first-order chi connectivity index (χ1) is 11.7. The van der Waals surface area contributed by atoms with Crippen molar-refractivity contribution in [2.75, 3.05) is 13.2 Å². The van der Waals surface area contributed by atoms with Crippen LogP contribution in [0.3, 0.4) is 0 Å². The van der Waals surface area contributed by atoms with Crippen molar-refractivity contribution >= 4 is 11.9 Å². The lowest BCUT2D eigenvalue weighted by Crippen LogP contribution is -2.21. The highest BCUT2D eigenvalue weighted by Crippen LogP contribution is 2.31. The SMILES string of the molecule is CCCCOC(=O)c1ccn2c1C(C(=O)OCCCC)CCCC2. The third-order valence-corrected chi connectivity index (χ3v) is 4.46. The van der Waals surface area contributed by atoms with Gasteiger partial charge in [-0.2, -0.15) is 0 Å². The number of ether oxygens (including phenoxy) is 2. The molecule has 1 aliphatic rings. The fourth-order valence-corrected chi connectivity index (χ4v) is 3.04. The molecule has 1 aliphatic heterocycles. The van der Waals surface area contributed by atoms with Crippen molar-refractivity contribution in [1.82, 2.24) is 4.57 Å². The van der Waals surface area contributed by atoms with E-state index in [9.17, 15) is 9.59 Å². The van der Waals surface area contributed by atoms with Gasteiger partial charge in [-0.25, -0.2) is 4.79 Å². The highest BCUT2D eigenvalue weighted by Gasteiger charge is 2.32. The Labute approximate surface area is 144 Å². The molecule has 0 amide bonds. The molecule has 1 aromatic heterocycles. The Morgan fingerprint density at radius 2 is 1.83 bits per heavy atom. The Bertz CT molecular complexity index is 550. The summed E-state index contributed by atoms with van der Waals surface area (Å²) in [4.78, 5) is 24.9. The van der Waals surface area contributed by atoms with Crippen molar-refractivity contribution in [3.05, 3.63) is 23.5 Å². The maximum Gasteiger partial charge on any atom is 0.339 e. The summed E-state index contributed by atoms with van der Waals surface area (Å²) in [5, 5.41) is 0. The number of unbranched alkanes of at least 4 members (excludes halogenated alkanes) is 2. The van der Waals surface area contributed by atoms with Crippen LogP contribution in [0.25, 0.3) is 0 Å². The van der Waals surface area contributed by atoms with Crippen LogP contribution < -0.4 is 0 Å². The second kappa shape index (κ2) is 9.50. The second-order valence-electron chi connectivity index (χ2n) is 6.37. The maximum absolute atomic E-state index is 12.5. The molecule has 5 nitrogen and oxygen atoms in total. The number of hydrogen-bond donors (Lipinski definition) is 0. The normalized spacial score (nSPS) is 17.0. The van der Waals surface area contributed by atoms with Crippen LogP contribution in [0.4, 0.5) is 0 Å². The van der Waals surface area contributed by atoms with Crippen LogP contribution in [-0.2, 0) is 20.8 Å². The minimum Gasteiger partial charge on any atom is -0.465 e. The molecule has 0 aliphatic carbocycles. The summed E-state index contributed by atoms with van der Waals surface area (Å²) in [5.74, 6) is -0.911. The summed E-state index contributed by atoms with van der Waals surface area (Å²) in [6.45, 7) is 5.82. The van der Waals surface area contributed by atoms with E-state index in [1.54, 1.807) is 6.07 Å². The van der Waals surface area contributed by atoms with Crippen molar-refractivity contribution in [1.29, 1.82) is 0 Å². The highest BCUT2D eigenvalue weighted by atomic mass is 16.5. The van der Waals surface area contributed by atoms with Crippen LogP contribution in [0.15, 0.2) is 12.3 Å². The number of hydrogen-bond acceptors (Lipinski definition) is 4. The van der Waals surface area contributed by atoms with Gasteiger partial charge in [0.2, 0.25) is 0 Å². The van der Waals surface area contributed by atoms with Crippen LogP contribution >= 0.6 is 0 Å². The molecule has 24 heavy (non-hydrogen) atoms. The van der Waals surface area contributed by atoms with E-state index in [4.69, 9.17) is 9.47 Å². The average Bonchev–Trinajstić information content (AvgIpc) is 2.87. The highest BCUT2D eigenvalue weighted by molar-refractivity contribution is 5.93. The molecule has 2 rings (SSSR count). The fourth-order valence-electron chi connectivity index (χ4n) is 3.04. The van der Waals surface area contributed by atoms with Gasteiger partial charge in [0.25, 0.3) is 0 Å². The number of nitrogens with zero attached hydrogens (tertiary/aromatic N) is 1. The lowest BCUT2D eigenvalue weighted by atomic mass is 9.97. The third kappa shape index (κ3) is 4.62. The Morgan fingerprint density at radius 3 is 2.54 bits per heavy atom. The molecule has 1 atom stereocenters. The van der Waals surface area contributed by atoms with Crippen LogP contribution in [0.1, 0.15) is 80.8 Å². The molecule has 5 heteroatoms. The number of aromatic nitrogens is 1. The Hall–Kier alpha value is -1.78. The van der Waals surface area contributed by atoms with Crippen molar-refractivity contribution in [3.63, 3.8) is 0 Å². The van der Waals surface area contributed by atoms with Crippen LogP contribution in [-0.4, -0.2) is 29.7 Å². The van der Waals surface area contributed by atoms with Crippen LogP contribution in [0, 0.1) is 0 Å². The Balaban J connectivity index is 2.17. The summed E-state index contributed by atoms with van der Waals surface area (Å²) in [6.07, 6.45) is 8.27. The zero-order chi connectivity index (χ0) is 17.4. The van der Waals surface area contributed by atoms with Crippen molar-refractivity contribution in [2.24, 2.45) is 0 Å². The van der Waals surface area contributed by atoms with Gasteiger partial charge >= 0.3 is 11.9 Å². The van der Waals surface area contributed by atoms with Gasteiger partial charge in [-0.1, -0.05) is 33.1 Å². The fraction of sp³-hybridized carbons (Fsp3) is 0.684. The summed E-state index contributed by atoms with van der Waals surface area (Å²) < 4.78 is 12.8. The zero-order valence-corrected chi connectivity index (χ0v) is 14.9. The summed E-state index contributed by atoms with van der Waals surface area (Å²) in [5.41, 5.74) is 1.29. The lowest BCUT2D eigenvalue weighted by Gasteiger charge is -2.17. The number of rotatable bonds is 8. The van der Waals surface area contributed by atoms with E-state index in [-0.39, 0.29) is 17.9 Å². The van der Waals surface area contributed by atoms with Gasteiger partial charge in [-0.3, -0.25) is 4.79 Å². The van der Waals surface area contributed by atoms with Crippen molar-refractivity contribution in [2.45, 2.75) is 71.3 Å². The van der Waals surface area contributed by atoms with Crippen LogP contribution in [0.2, 0.25) is 0 Å². The third-order valence-electron chi connectivity index (χ3n) is 4.46. The minimum absolute atomic E-state index is 0.215. The summed E-state index contributed by atoms with van der Waals surface area (Å²) >= 11 is 0. The standard InChI is InChI=1S/C19H29NO4/c1-3-5-13-23-18(21)15-9-7-8-11-20-12-10-16(17(15)20)19(22)24-14-6-4-2/h10,12,15H,3-9,11,13-14H2,1-2H3. The molecule has 1 unspecified atom stereocenters. The quantitative estimate of drug-likeness (QED) is 0.531. The van der Waals surface area contributed by atoms with Crippen molar-refractivity contribution in [3.8, 4) is 0 Å². The first kappa shape index (κ1) is 18.6. The largest absolute Gasteiger partial charge is 0.465 e. The smallest absolute Gasteiger partial charge is 0.339 e. The number of fused-ring (bicyclic) bond motifs is 1. The van der Waals surface area contributed by atoms with E-state index in [0.717, 1.165) is 57.2 Å². The van der Waals surface area contributed by atoms with Gasteiger partial charge in [0.05, 0.1) is 24.7 Å². The van der Waals surface area contributed by atoms with E-state index in [0.29, 0.717) is 18.8 Å². The topological polar surface area (TPSA) is 57.5 Å². The first-order valence-electron chi connectivity index (χ1n) is 9.21. The Morgan fingerprint density at radius 1 is 1.12 bits per heavy atom. The molecule has 1 aromatic rings. The van der Waals surface area contributed by atoms with Crippen molar-refractivity contribution < 1.29 is 19.1 Å². The Kier molecular flexibility index (Phi) is 7.35. The molecule has 2 heterocycles. The predicted octanol–water partition coefficient (Wildman–Crippen LogP) is 4.06. The molecule has 0 spiro atoms. The zero-order valence-electron chi connectivity index (χ0n) is 14.9. The summed E-state index contributed by atoms with van der Waals surface area (Å²) in [7, 11) is 0. The van der Waals surface area contributed by atoms with Gasteiger partial charge in [-0.05, 0) is 31.7 Å². The molecule has 0 N–H and O–H groups in total. The van der Waals surface area contributed by atoms with Gasteiger partial charge in [0.1, 0.15) is 0 Å². The van der Waals surface area contributed by atoms with Gasteiger partial charge in [-0.15, -0.1) is 0 Å². The molecule has 134 valence electrons. The molecule has 0 saturated carbocycles. The van der Waals surface area contributed by atoms with Gasteiger partial charge < -0.3 is 14.0 Å². The van der Waals surface area contributed by atoms with Gasteiger partial charge in [0.15, 0.2) is 0 Å². The average molecular weight is 335 g/mol. The molecule has 0 aromatic carbocycles. The minimum atomic E-state index is -0.368. The number of carbonyl (C=O) groups is 2. The maximum atomic E-state index is 12.5. The van der Waals surface area contributed by atoms with E-state index in [1.807, 2.05) is 10.8 Å². The second-order valence-corrected chi connectivity index (χ2v) is 6.37. The lowest BCUT2D eigenvalue weighted by molar-refractivity contribution is -0.145. The molecular formula is C19H29NO4. The molecule has 0 saturated heterocycles.